The second-order valence-corrected chi connectivity index (χ2v) is 6.43. The predicted molar refractivity (Wildman–Crippen MR) is 112 cm³/mol. The number of fused-ring (bicyclic) bond motifs is 1. The van der Waals surface area contributed by atoms with Crippen LogP contribution in [0.4, 0.5) is 5.82 Å². The Morgan fingerprint density at radius 2 is 1.93 bits per heavy atom. The summed E-state index contributed by atoms with van der Waals surface area (Å²) < 4.78 is 15.9. The largest absolute Gasteiger partial charge is 0.493 e. The standard InChI is InChI=1S/C21H21N5O4/c1-28-9-10-30-17-8-7-13(11-18(17)29-2)21(27)24-19-12-16(25-26-19)20-22-14-5-3-4-6-15(14)23-20/h3-8,11-12H,9-10H2,1-2H3,(H,22,23)(H2,24,25,26,27). The lowest BCUT2D eigenvalue weighted by Gasteiger charge is -2.11. The molecule has 4 rings (SSSR count). The number of H-pyrrole nitrogens is 2. The van der Waals surface area contributed by atoms with E-state index in [1.54, 1.807) is 31.4 Å². The predicted octanol–water partition coefficient (Wildman–Crippen LogP) is 3.24. The molecule has 2 aromatic heterocycles. The van der Waals surface area contributed by atoms with Crippen LogP contribution in [-0.4, -0.2) is 53.5 Å². The van der Waals surface area contributed by atoms with Gasteiger partial charge in [0, 0.05) is 18.7 Å². The van der Waals surface area contributed by atoms with Crippen LogP contribution < -0.4 is 14.8 Å². The van der Waals surface area contributed by atoms with E-state index in [1.807, 2.05) is 24.3 Å². The van der Waals surface area contributed by atoms with Crippen LogP contribution in [0.3, 0.4) is 0 Å². The fraction of sp³-hybridized carbons (Fsp3) is 0.190. The van der Waals surface area contributed by atoms with E-state index in [-0.39, 0.29) is 5.91 Å². The average molecular weight is 407 g/mol. The van der Waals surface area contributed by atoms with Crippen molar-refractivity contribution in [3.8, 4) is 23.0 Å². The number of nitrogens with one attached hydrogen (secondary N) is 3. The molecule has 3 N–H and O–H groups in total. The number of para-hydroxylation sites is 2. The molecule has 0 spiro atoms. The second kappa shape index (κ2) is 8.66. The summed E-state index contributed by atoms with van der Waals surface area (Å²) in [4.78, 5) is 20.4. The lowest BCUT2D eigenvalue weighted by molar-refractivity contribution is 0.102. The molecule has 0 atom stereocenters. The first-order valence-electron chi connectivity index (χ1n) is 9.29. The summed E-state index contributed by atoms with van der Waals surface area (Å²) in [6.07, 6.45) is 0. The molecule has 0 aliphatic carbocycles. The number of anilines is 1. The second-order valence-electron chi connectivity index (χ2n) is 6.43. The number of methoxy groups -OCH3 is 2. The number of aromatic amines is 2. The van der Waals surface area contributed by atoms with Crippen LogP contribution in [0.2, 0.25) is 0 Å². The maximum atomic E-state index is 12.6. The van der Waals surface area contributed by atoms with Gasteiger partial charge >= 0.3 is 0 Å². The van der Waals surface area contributed by atoms with Crippen molar-refractivity contribution in [2.75, 3.05) is 32.8 Å². The van der Waals surface area contributed by atoms with E-state index in [2.05, 4.69) is 25.5 Å². The third kappa shape index (κ3) is 4.11. The zero-order chi connectivity index (χ0) is 20.9. The number of ether oxygens (including phenoxy) is 3. The molecular formula is C21H21N5O4. The van der Waals surface area contributed by atoms with Gasteiger partial charge in [-0.1, -0.05) is 12.1 Å². The lowest BCUT2D eigenvalue weighted by atomic mass is 10.2. The van der Waals surface area contributed by atoms with Crippen molar-refractivity contribution in [2.24, 2.45) is 0 Å². The number of carbonyl (C=O) groups is 1. The Bertz CT molecular complexity index is 1130. The zero-order valence-electron chi connectivity index (χ0n) is 16.6. The highest BCUT2D eigenvalue weighted by atomic mass is 16.5. The SMILES string of the molecule is COCCOc1ccc(C(=O)Nc2cc(-c3nc4ccccc4[nH]3)[nH]n2)cc1OC. The van der Waals surface area contributed by atoms with E-state index < -0.39 is 0 Å². The highest BCUT2D eigenvalue weighted by Crippen LogP contribution is 2.28. The number of aromatic nitrogens is 4. The molecule has 30 heavy (non-hydrogen) atoms. The van der Waals surface area contributed by atoms with E-state index in [1.165, 1.54) is 7.11 Å². The number of carbonyl (C=O) groups excluding carboxylic acids is 1. The minimum Gasteiger partial charge on any atom is -0.493 e. The number of benzene rings is 2. The van der Waals surface area contributed by atoms with Gasteiger partial charge in [0.1, 0.15) is 12.3 Å². The maximum Gasteiger partial charge on any atom is 0.257 e. The molecule has 0 radical (unpaired) electrons. The summed E-state index contributed by atoms with van der Waals surface area (Å²) in [6, 6.07) is 14.4. The Morgan fingerprint density at radius 1 is 1.07 bits per heavy atom. The van der Waals surface area contributed by atoms with Crippen molar-refractivity contribution in [2.45, 2.75) is 0 Å². The first-order chi connectivity index (χ1) is 14.7. The Morgan fingerprint density at radius 3 is 2.73 bits per heavy atom. The molecule has 0 saturated heterocycles. The van der Waals surface area contributed by atoms with Gasteiger partial charge < -0.3 is 24.5 Å². The molecule has 2 aromatic carbocycles. The summed E-state index contributed by atoms with van der Waals surface area (Å²) in [5, 5.41) is 9.80. The van der Waals surface area contributed by atoms with Gasteiger partial charge in [0.25, 0.3) is 5.91 Å². The molecule has 0 unspecified atom stereocenters. The van der Waals surface area contributed by atoms with E-state index in [0.717, 1.165) is 11.0 Å². The summed E-state index contributed by atoms with van der Waals surface area (Å²) in [7, 11) is 3.12. The van der Waals surface area contributed by atoms with Crippen molar-refractivity contribution in [3.63, 3.8) is 0 Å². The van der Waals surface area contributed by atoms with Gasteiger partial charge in [0.05, 0.1) is 24.8 Å². The normalized spacial score (nSPS) is 10.9. The number of imidazole rings is 1. The topological polar surface area (TPSA) is 114 Å². The minimum atomic E-state index is -0.320. The minimum absolute atomic E-state index is 0.320. The van der Waals surface area contributed by atoms with E-state index in [4.69, 9.17) is 14.2 Å². The highest BCUT2D eigenvalue weighted by Gasteiger charge is 2.14. The molecule has 1 amide bonds. The third-order valence-corrected chi connectivity index (χ3v) is 4.43. The van der Waals surface area contributed by atoms with Crippen molar-refractivity contribution in [3.05, 3.63) is 54.1 Å². The summed E-state index contributed by atoms with van der Waals surface area (Å²) >= 11 is 0. The number of amides is 1. The van der Waals surface area contributed by atoms with Crippen molar-refractivity contribution >= 4 is 22.8 Å². The zero-order valence-corrected chi connectivity index (χ0v) is 16.6. The number of hydrogen-bond donors (Lipinski definition) is 3. The fourth-order valence-electron chi connectivity index (χ4n) is 2.94. The van der Waals surface area contributed by atoms with Crippen LogP contribution in [0.25, 0.3) is 22.6 Å². The van der Waals surface area contributed by atoms with Gasteiger partial charge in [0.15, 0.2) is 23.1 Å². The fourth-order valence-corrected chi connectivity index (χ4v) is 2.94. The summed E-state index contributed by atoms with van der Waals surface area (Å²) in [6.45, 7) is 0.842. The van der Waals surface area contributed by atoms with Gasteiger partial charge in [-0.25, -0.2) is 4.98 Å². The quantitative estimate of drug-likeness (QED) is 0.386. The third-order valence-electron chi connectivity index (χ3n) is 4.43. The molecule has 0 fully saturated rings. The Kier molecular flexibility index (Phi) is 5.62. The Hall–Kier alpha value is -3.85. The smallest absolute Gasteiger partial charge is 0.257 e. The Balaban J connectivity index is 1.47. The first kappa shape index (κ1) is 19.5. The van der Waals surface area contributed by atoms with Crippen molar-refractivity contribution < 1.29 is 19.0 Å². The maximum absolute atomic E-state index is 12.6. The molecular weight excluding hydrogens is 386 g/mol. The molecule has 154 valence electrons. The molecule has 0 saturated carbocycles. The van der Waals surface area contributed by atoms with Gasteiger partial charge in [-0.05, 0) is 30.3 Å². The van der Waals surface area contributed by atoms with Crippen LogP contribution in [0.5, 0.6) is 11.5 Å². The molecule has 4 aromatic rings. The summed E-state index contributed by atoms with van der Waals surface area (Å²) in [5.41, 5.74) is 2.86. The average Bonchev–Trinajstić information content (AvgIpc) is 3.40. The molecule has 9 heteroatoms. The van der Waals surface area contributed by atoms with E-state index >= 15 is 0 Å². The van der Waals surface area contributed by atoms with Crippen LogP contribution in [0.15, 0.2) is 48.5 Å². The van der Waals surface area contributed by atoms with Crippen LogP contribution in [-0.2, 0) is 4.74 Å². The van der Waals surface area contributed by atoms with Gasteiger partial charge in [-0.2, -0.15) is 5.10 Å². The molecule has 0 aliphatic rings. The van der Waals surface area contributed by atoms with Gasteiger partial charge in [0.2, 0.25) is 0 Å². The van der Waals surface area contributed by atoms with Gasteiger partial charge in [-0.15, -0.1) is 0 Å². The Labute approximate surface area is 172 Å². The van der Waals surface area contributed by atoms with Crippen molar-refractivity contribution in [1.82, 2.24) is 20.2 Å². The van der Waals surface area contributed by atoms with Crippen LogP contribution in [0.1, 0.15) is 10.4 Å². The molecule has 0 bridgehead atoms. The van der Waals surface area contributed by atoms with E-state index in [9.17, 15) is 4.79 Å². The van der Waals surface area contributed by atoms with Crippen molar-refractivity contribution in [1.29, 1.82) is 0 Å². The number of nitrogens with zero attached hydrogens (tertiary/aromatic N) is 2. The molecule has 2 heterocycles. The van der Waals surface area contributed by atoms with E-state index in [0.29, 0.717) is 47.6 Å². The monoisotopic (exact) mass is 407 g/mol. The number of rotatable bonds is 8. The van der Waals surface area contributed by atoms with Crippen LogP contribution >= 0.6 is 0 Å². The number of hydrogen-bond acceptors (Lipinski definition) is 6. The van der Waals surface area contributed by atoms with Gasteiger partial charge in [-0.3, -0.25) is 9.89 Å². The highest BCUT2D eigenvalue weighted by molar-refractivity contribution is 6.04. The summed E-state index contributed by atoms with van der Waals surface area (Å²) in [5.74, 6) is 1.71. The first-order valence-corrected chi connectivity index (χ1v) is 9.29. The van der Waals surface area contributed by atoms with Crippen LogP contribution in [0, 0.1) is 0 Å². The lowest BCUT2D eigenvalue weighted by Crippen LogP contribution is -2.12. The molecule has 0 aliphatic heterocycles. The molecule has 9 nitrogen and oxygen atoms in total.